The number of halogens is 3. The average Bonchev–Trinajstić information content (AvgIpc) is 3.60. The smallest absolute Gasteiger partial charge is 0.416 e. The maximum atomic E-state index is 13.6. The Labute approximate surface area is 232 Å². The molecule has 0 fully saturated rings. The van der Waals surface area contributed by atoms with Crippen molar-refractivity contribution in [2.45, 2.75) is 57.4 Å². The summed E-state index contributed by atoms with van der Waals surface area (Å²) in [5.74, 6) is -3.06. The molecule has 1 aromatic carbocycles. The fourth-order valence-corrected chi connectivity index (χ4v) is 5.40. The van der Waals surface area contributed by atoms with Gasteiger partial charge >= 0.3 is 18.2 Å². The molecular weight excluding hydrogens is 551 g/mol. The van der Waals surface area contributed by atoms with Gasteiger partial charge in [-0.3, -0.25) is 9.59 Å². The summed E-state index contributed by atoms with van der Waals surface area (Å²) in [5.41, 5.74) is -1.06. The second-order valence-corrected chi connectivity index (χ2v) is 11.0. The monoisotopic (exact) mass is 581 g/mol. The van der Waals surface area contributed by atoms with Crippen LogP contribution in [0.25, 0.3) is 0 Å². The zero-order valence-corrected chi connectivity index (χ0v) is 22.9. The van der Waals surface area contributed by atoms with E-state index in [2.05, 4.69) is 10.6 Å². The second-order valence-electron chi connectivity index (χ2n) is 8.92. The molecule has 0 aliphatic rings. The van der Waals surface area contributed by atoms with Crippen LogP contribution in [-0.2, 0) is 28.9 Å². The Kier molecular flexibility index (Phi) is 10.9. The molecule has 3 aromatic rings. The number of aliphatic carboxylic acids is 1. The number of rotatable bonds is 13. The number of amides is 3. The predicted octanol–water partition coefficient (Wildman–Crippen LogP) is 6.08. The van der Waals surface area contributed by atoms with Crippen LogP contribution in [0.3, 0.4) is 0 Å². The summed E-state index contributed by atoms with van der Waals surface area (Å²) < 4.78 is 39.3. The molecular formula is C27H30F3N3O4S2. The van der Waals surface area contributed by atoms with Crippen molar-refractivity contribution < 1.29 is 32.7 Å². The number of carboxylic acids is 1. The van der Waals surface area contributed by atoms with E-state index in [-0.39, 0.29) is 11.5 Å². The predicted molar refractivity (Wildman–Crippen MR) is 145 cm³/mol. The molecule has 0 bridgehead atoms. The van der Waals surface area contributed by atoms with Gasteiger partial charge in [-0.1, -0.05) is 50.1 Å². The van der Waals surface area contributed by atoms with Gasteiger partial charge in [0, 0.05) is 16.3 Å². The number of nitrogens with one attached hydrogen (secondary N) is 2. The van der Waals surface area contributed by atoms with Crippen molar-refractivity contribution in [3.8, 4) is 0 Å². The van der Waals surface area contributed by atoms with Crippen LogP contribution in [0.1, 0.15) is 53.0 Å². The van der Waals surface area contributed by atoms with Crippen molar-refractivity contribution in [1.82, 2.24) is 15.5 Å². The highest BCUT2D eigenvalue weighted by molar-refractivity contribution is 7.10. The van der Waals surface area contributed by atoms with Gasteiger partial charge in [0.2, 0.25) is 5.91 Å². The summed E-state index contributed by atoms with van der Waals surface area (Å²) in [6.45, 7) is 2.25. The first-order valence-corrected chi connectivity index (χ1v) is 14.1. The van der Waals surface area contributed by atoms with Crippen LogP contribution in [-0.4, -0.2) is 40.5 Å². The molecule has 7 nitrogen and oxygen atoms in total. The highest BCUT2D eigenvalue weighted by Crippen LogP contribution is 2.31. The Morgan fingerprint density at radius 2 is 1.64 bits per heavy atom. The highest BCUT2D eigenvalue weighted by Gasteiger charge is 2.32. The number of thiophene rings is 2. The molecule has 0 aliphatic carbocycles. The van der Waals surface area contributed by atoms with E-state index in [1.165, 1.54) is 28.7 Å². The Hall–Kier alpha value is -3.38. The topological polar surface area (TPSA) is 98.7 Å². The standard InChI is InChI=1S/C27H30F3N3O4S2/c1-2-3-11-23(24(34)33(16-20-9-5-12-38-20)17-21-10-6-13-39-21)32-26(37)31-15-22(25(35)36)18-7-4-8-19(14-18)27(28,29)30/h4-10,12-14,22-23H,2-3,11,15-17H2,1H3,(H,35,36)(H2,31,32,37)/t22?,23-/m0/s1. The minimum atomic E-state index is -4.63. The Bertz CT molecular complexity index is 1180. The minimum absolute atomic E-state index is 0.0886. The van der Waals surface area contributed by atoms with E-state index in [1.54, 1.807) is 4.90 Å². The molecule has 12 heteroatoms. The highest BCUT2D eigenvalue weighted by atomic mass is 32.1. The molecule has 210 valence electrons. The van der Waals surface area contributed by atoms with Crippen molar-refractivity contribution in [3.63, 3.8) is 0 Å². The number of alkyl halides is 3. The zero-order valence-electron chi connectivity index (χ0n) is 21.2. The molecule has 39 heavy (non-hydrogen) atoms. The van der Waals surface area contributed by atoms with Gasteiger partial charge in [-0.25, -0.2) is 4.79 Å². The van der Waals surface area contributed by atoms with Crippen LogP contribution in [0.2, 0.25) is 0 Å². The van der Waals surface area contributed by atoms with Crippen molar-refractivity contribution in [2.75, 3.05) is 6.54 Å². The molecule has 2 atom stereocenters. The van der Waals surface area contributed by atoms with E-state index in [0.717, 1.165) is 34.4 Å². The van der Waals surface area contributed by atoms with Crippen molar-refractivity contribution >= 4 is 40.6 Å². The van der Waals surface area contributed by atoms with Crippen molar-refractivity contribution in [3.05, 3.63) is 80.2 Å². The van der Waals surface area contributed by atoms with E-state index < -0.39 is 42.2 Å². The summed E-state index contributed by atoms with van der Waals surface area (Å²) in [6, 6.07) is 10.0. The van der Waals surface area contributed by atoms with Gasteiger partial charge in [-0.05, 0) is 40.9 Å². The number of hydrogen-bond donors (Lipinski definition) is 3. The van der Waals surface area contributed by atoms with Crippen LogP contribution in [0.5, 0.6) is 0 Å². The van der Waals surface area contributed by atoms with E-state index in [4.69, 9.17) is 0 Å². The Balaban J connectivity index is 1.71. The van der Waals surface area contributed by atoms with Gasteiger partial charge in [-0.2, -0.15) is 13.2 Å². The number of carbonyl (C=O) groups excluding carboxylic acids is 2. The number of hydrogen-bond acceptors (Lipinski definition) is 5. The summed E-state index contributed by atoms with van der Waals surface area (Å²) in [7, 11) is 0. The lowest BCUT2D eigenvalue weighted by Crippen LogP contribution is -2.51. The third-order valence-corrected chi connectivity index (χ3v) is 7.72. The first kappa shape index (κ1) is 30.2. The van der Waals surface area contributed by atoms with Crippen molar-refractivity contribution in [1.29, 1.82) is 0 Å². The molecule has 0 saturated carbocycles. The second kappa shape index (κ2) is 14.1. The molecule has 3 rings (SSSR count). The lowest BCUT2D eigenvalue weighted by atomic mass is 9.97. The number of unbranched alkanes of at least 4 members (excludes halogenated alkanes) is 1. The number of nitrogens with zero attached hydrogens (tertiary/aromatic N) is 1. The normalized spacial score (nSPS) is 12.9. The summed E-state index contributed by atoms with van der Waals surface area (Å²) in [6.07, 6.45) is -2.79. The lowest BCUT2D eigenvalue weighted by molar-refractivity contribution is -0.140. The Morgan fingerprint density at radius 1 is 1.00 bits per heavy atom. The summed E-state index contributed by atoms with van der Waals surface area (Å²) >= 11 is 3.05. The minimum Gasteiger partial charge on any atom is -0.481 e. The van der Waals surface area contributed by atoms with Crippen LogP contribution in [0.15, 0.2) is 59.3 Å². The quantitative estimate of drug-likeness (QED) is 0.228. The van der Waals surface area contributed by atoms with Gasteiger partial charge in [-0.15, -0.1) is 22.7 Å². The average molecular weight is 582 g/mol. The first-order chi connectivity index (χ1) is 18.6. The fraction of sp³-hybridized carbons (Fsp3) is 0.370. The SMILES string of the molecule is CCCC[C@H](NC(=O)NCC(C(=O)O)c1cccc(C(F)(F)F)c1)C(=O)N(Cc1cccs1)Cc1cccs1. The molecule has 2 aromatic heterocycles. The largest absolute Gasteiger partial charge is 0.481 e. The fourth-order valence-electron chi connectivity index (χ4n) is 3.96. The van der Waals surface area contributed by atoms with Gasteiger partial charge in [0.1, 0.15) is 6.04 Å². The third-order valence-electron chi connectivity index (χ3n) is 6.00. The van der Waals surface area contributed by atoms with Gasteiger partial charge in [0.15, 0.2) is 0 Å². The summed E-state index contributed by atoms with van der Waals surface area (Å²) in [4.78, 5) is 41.9. The van der Waals surface area contributed by atoms with Gasteiger partial charge in [0.05, 0.1) is 24.6 Å². The van der Waals surface area contributed by atoms with E-state index in [1.807, 2.05) is 41.9 Å². The maximum absolute atomic E-state index is 13.6. The molecule has 1 unspecified atom stereocenters. The van der Waals surface area contributed by atoms with Crippen LogP contribution in [0, 0.1) is 0 Å². The molecule has 3 N–H and O–H groups in total. The molecule has 0 aliphatic heterocycles. The number of carbonyl (C=O) groups is 3. The van der Waals surface area contributed by atoms with Crippen LogP contribution < -0.4 is 10.6 Å². The first-order valence-electron chi connectivity index (χ1n) is 12.4. The molecule has 2 heterocycles. The van der Waals surface area contributed by atoms with Gasteiger partial charge < -0.3 is 20.6 Å². The van der Waals surface area contributed by atoms with E-state index in [0.29, 0.717) is 25.9 Å². The number of urea groups is 1. The lowest BCUT2D eigenvalue weighted by Gasteiger charge is -2.28. The maximum Gasteiger partial charge on any atom is 0.416 e. The van der Waals surface area contributed by atoms with Gasteiger partial charge in [0.25, 0.3) is 0 Å². The number of carboxylic acid groups (broad SMARTS) is 1. The van der Waals surface area contributed by atoms with Crippen LogP contribution in [0.4, 0.5) is 18.0 Å². The molecule has 0 spiro atoms. The molecule has 0 radical (unpaired) electrons. The molecule has 3 amide bonds. The van der Waals surface area contributed by atoms with E-state index in [9.17, 15) is 32.7 Å². The number of benzene rings is 1. The zero-order chi connectivity index (χ0) is 28.4. The van der Waals surface area contributed by atoms with Crippen LogP contribution >= 0.6 is 22.7 Å². The Morgan fingerprint density at radius 3 is 2.15 bits per heavy atom. The third kappa shape index (κ3) is 9.10. The van der Waals surface area contributed by atoms with E-state index >= 15 is 0 Å². The summed E-state index contributed by atoms with van der Waals surface area (Å²) in [5, 5.41) is 18.6. The molecule has 0 saturated heterocycles. The van der Waals surface area contributed by atoms with Crippen molar-refractivity contribution in [2.24, 2.45) is 0 Å².